The van der Waals surface area contributed by atoms with E-state index in [-0.39, 0.29) is 29.3 Å². The van der Waals surface area contributed by atoms with Crippen molar-refractivity contribution in [2.75, 3.05) is 14.2 Å². The zero-order valence-electron chi connectivity index (χ0n) is 18.5. The summed E-state index contributed by atoms with van der Waals surface area (Å²) < 4.78 is 16.0. The van der Waals surface area contributed by atoms with Crippen molar-refractivity contribution >= 4 is 17.5 Å². The number of rotatable bonds is 7. The van der Waals surface area contributed by atoms with E-state index in [0.717, 1.165) is 5.57 Å². The number of cyclic esters (lactones) is 1. The highest BCUT2D eigenvalue weighted by Gasteiger charge is 2.56. The molecule has 32 heavy (non-hydrogen) atoms. The molecule has 3 rings (SSSR count). The van der Waals surface area contributed by atoms with E-state index < -0.39 is 17.5 Å². The Kier molecular flexibility index (Phi) is 6.58. The molecule has 0 aromatic heterocycles. The highest BCUT2D eigenvalue weighted by Crippen LogP contribution is 2.44. The molecule has 0 saturated carbocycles. The van der Waals surface area contributed by atoms with Crippen LogP contribution in [0.25, 0.3) is 5.57 Å². The molecule has 0 spiro atoms. The minimum atomic E-state index is -1.79. The molecule has 1 aliphatic heterocycles. The van der Waals surface area contributed by atoms with E-state index in [4.69, 9.17) is 14.2 Å². The number of hydrogen-bond acceptors (Lipinski definition) is 7. The summed E-state index contributed by atoms with van der Waals surface area (Å²) in [5.74, 6) is -1.49. The topological polar surface area (TPSA) is 102 Å². The third kappa shape index (κ3) is 4.32. The zero-order chi connectivity index (χ0) is 23.5. The summed E-state index contributed by atoms with van der Waals surface area (Å²) in [7, 11) is 2.54. The van der Waals surface area contributed by atoms with Crippen LogP contribution in [0.4, 0.5) is 0 Å². The van der Waals surface area contributed by atoms with Crippen molar-refractivity contribution in [2.24, 2.45) is 0 Å². The molecule has 2 aromatic carbocycles. The van der Waals surface area contributed by atoms with Crippen LogP contribution >= 0.6 is 0 Å². The molecule has 168 valence electrons. The number of carbonyl (C=O) groups excluding carboxylic acids is 2. The lowest BCUT2D eigenvalue weighted by atomic mass is 9.83. The molecule has 1 atom stereocenters. The molecule has 2 aromatic rings. The van der Waals surface area contributed by atoms with Gasteiger partial charge in [0.1, 0.15) is 11.5 Å². The molecular weight excluding hydrogens is 412 g/mol. The van der Waals surface area contributed by atoms with E-state index in [2.05, 4.69) is 0 Å². The van der Waals surface area contributed by atoms with Crippen LogP contribution in [-0.4, -0.2) is 42.0 Å². The lowest BCUT2D eigenvalue weighted by Crippen LogP contribution is -2.44. The quantitative estimate of drug-likeness (QED) is 0.502. The van der Waals surface area contributed by atoms with Gasteiger partial charge in [-0.3, -0.25) is 0 Å². The molecule has 1 aliphatic rings. The van der Waals surface area contributed by atoms with Crippen molar-refractivity contribution in [3.8, 4) is 11.5 Å². The minimum Gasteiger partial charge on any atom is -0.508 e. The maximum absolute atomic E-state index is 13.1. The second-order valence-corrected chi connectivity index (χ2v) is 7.79. The van der Waals surface area contributed by atoms with Gasteiger partial charge in [-0.2, -0.15) is 0 Å². The summed E-state index contributed by atoms with van der Waals surface area (Å²) in [6.07, 6.45) is 2.46. The number of esters is 2. The normalized spacial score (nSPS) is 17.7. The van der Waals surface area contributed by atoms with Crippen LogP contribution in [0.1, 0.15) is 30.5 Å². The first-order chi connectivity index (χ1) is 15.2. The first kappa shape index (κ1) is 22.9. The smallest absolute Gasteiger partial charge is 0.375 e. The van der Waals surface area contributed by atoms with Crippen molar-refractivity contribution < 1.29 is 34.0 Å². The highest BCUT2D eigenvalue weighted by atomic mass is 16.6. The Morgan fingerprint density at radius 3 is 2.38 bits per heavy atom. The van der Waals surface area contributed by atoms with Gasteiger partial charge in [0, 0.05) is 6.42 Å². The molecule has 0 unspecified atom stereocenters. The van der Waals surface area contributed by atoms with E-state index in [9.17, 15) is 19.8 Å². The molecule has 0 fully saturated rings. The Balaban J connectivity index is 2.14. The van der Waals surface area contributed by atoms with Gasteiger partial charge in [0.05, 0.1) is 19.8 Å². The van der Waals surface area contributed by atoms with E-state index in [1.165, 1.54) is 26.4 Å². The lowest BCUT2D eigenvalue weighted by molar-refractivity contribution is -0.169. The van der Waals surface area contributed by atoms with Crippen molar-refractivity contribution in [1.82, 2.24) is 0 Å². The molecular formula is C25H26O7. The molecule has 2 N–H and O–H groups in total. The fraction of sp³-hybridized carbons (Fsp3) is 0.280. The van der Waals surface area contributed by atoms with Gasteiger partial charge in [0.25, 0.3) is 0 Å². The van der Waals surface area contributed by atoms with Crippen molar-refractivity contribution in [3.63, 3.8) is 0 Å². The maximum Gasteiger partial charge on any atom is 0.375 e. The van der Waals surface area contributed by atoms with Crippen molar-refractivity contribution in [2.45, 2.75) is 32.3 Å². The molecule has 1 heterocycles. The van der Waals surface area contributed by atoms with Gasteiger partial charge in [-0.05, 0) is 55.2 Å². The van der Waals surface area contributed by atoms with E-state index in [1.807, 2.05) is 19.9 Å². The summed E-state index contributed by atoms with van der Waals surface area (Å²) in [4.78, 5) is 25.7. The third-order valence-corrected chi connectivity index (χ3v) is 5.29. The van der Waals surface area contributed by atoms with E-state index in [1.54, 1.807) is 30.3 Å². The highest BCUT2D eigenvalue weighted by molar-refractivity contribution is 6.11. The molecule has 0 bridgehead atoms. The number of phenols is 2. The number of hydrogen-bond donors (Lipinski definition) is 2. The first-order valence-electron chi connectivity index (χ1n) is 10.1. The monoisotopic (exact) mass is 438 g/mol. The molecule has 0 aliphatic carbocycles. The Morgan fingerprint density at radius 1 is 1.09 bits per heavy atom. The Bertz CT molecular complexity index is 1090. The number of aromatic hydroxyl groups is 2. The third-order valence-electron chi connectivity index (χ3n) is 5.29. The van der Waals surface area contributed by atoms with Gasteiger partial charge >= 0.3 is 11.9 Å². The number of methoxy groups -OCH3 is 2. The van der Waals surface area contributed by atoms with Gasteiger partial charge in [-0.1, -0.05) is 35.9 Å². The van der Waals surface area contributed by atoms with Gasteiger partial charge in [-0.25, -0.2) is 9.59 Å². The largest absolute Gasteiger partial charge is 0.508 e. The summed E-state index contributed by atoms with van der Waals surface area (Å²) >= 11 is 0. The fourth-order valence-electron chi connectivity index (χ4n) is 3.74. The van der Waals surface area contributed by atoms with Crippen LogP contribution in [0.2, 0.25) is 0 Å². The van der Waals surface area contributed by atoms with Crippen LogP contribution in [0.5, 0.6) is 11.5 Å². The molecule has 0 amide bonds. The Labute approximate surface area is 186 Å². The average Bonchev–Trinajstić information content (AvgIpc) is 3.05. The summed E-state index contributed by atoms with van der Waals surface area (Å²) in [6, 6.07) is 11.0. The van der Waals surface area contributed by atoms with Gasteiger partial charge in [0.2, 0.25) is 11.4 Å². The minimum absolute atomic E-state index is 0.0312. The summed E-state index contributed by atoms with van der Waals surface area (Å²) in [5, 5.41) is 19.9. The van der Waals surface area contributed by atoms with Crippen LogP contribution in [0, 0.1) is 0 Å². The first-order valence-corrected chi connectivity index (χ1v) is 10.1. The molecule has 7 heteroatoms. The zero-order valence-corrected chi connectivity index (χ0v) is 18.5. The predicted octanol–water partition coefficient (Wildman–Crippen LogP) is 3.68. The van der Waals surface area contributed by atoms with Crippen LogP contribution in [-0.2, 0) is 36.6 Å². The number of benzene rings is 2. The number of phenolic OH excluding ortho intramolecular Hbond substituents is 2. The SMILES string of the molecule is COC(=O)[C@]1(Cc2ccc(O)c(CC=C(C)C)c2)OC(=O)C(OC)=C1c1ccc(O)cc1. The van der Waals surface area contributed by atoms with Gasteiger partial charge in [-0.15, -0.1) is 0 Å². The molecule has 0 saturated heterocycles. The van der Waals surface area contributed by atoms with Crippen LogP contribution in [0.15, 0.2) is 59.9 Å². The van der Waals surface area contributed by atoms with E-state index in [0.29, 0.717) is 23.1 Å². The maximum atomic E-state index is 13.1. The number of ether oxygens (including phenoxy) is 3. The number of allylic oxidation sites excluding steroid dienone is 2. The van der Waals surface area contributed by atoms with Crippen LogP contribution in [0.3, 0.4) is 0 Å². The van der Waals surface area contributed by atoms with Gasteiger partial charge < -0.3 is 24.4 Å². The molecule has 0 radical (unpaired) electrons. The van der Waals surface area contributed by atoms with Crippen molar-refractivity contribution in [1.29, 1.82) is 0 Å². The molecule has 7 nitrogen and oxygen atoms in total. The summed E-state index contributed by atoms with van der Waals surface area (Å²) in [5.41, 5.74) is 1.34. The van der Waals surface area contributed by atoms with Gasteiger partial charge in [0.15, 0.2) is 0 Å². The van der Waals surface area contributed by atoms with Crippen molar-refractivity contribution in [3.05, 3.63) is 76.6 Å². The van der Waals surface area contributed by atoms with Crippen LogP contribution < -0.4 is 0 Å². The van der Waals surface area contributed by atoms with E-state index >= 15 is 0 Å². The Hall–Kier alpha value is -3.74. The standard InChI is InChI=1S/C25H26O7/c1-15(2)5-7-18-13-16(6-12-20(18)27)14-25(24(29)31-4)21(22(30-3)23(28)32-25)17-8-10-19(26)11-9-17/h5-6,8-13,26-27H,7,14H2,1-4H3/t25-/m1/s1. The Morgan fingerprint density at radius 2 is 1.78 bits per heavy atom. The number of carbonyl (C=O) groups is 2. The lowest BCUT2D eigenvalue weighted by Gasteiger charge is -2.28. The average molecular weight is 438 g/mol. The predicted molar refractivity (Wildman–Crippen MR) is 118 cm³/mol. The fourth-order valence-corrected chi connectivity index (χ4v) is 3.74. The second-order valence-electron chi connectivity index (χ2n) is 7.79. The summed E-state index contributed by atoms with van der Waals surface area (Å²) in [6.45, 7) is 3.93. The second kappa shape index (κ2) is 9.18.